The minimum absolute atomic E-state index is 0.0702. The van der Waals surface area contributed by atoms with E-state index in [0.29, 0.717) is 6.54 Å². The van der Waals surface area contributed by atoms with E-state index in [1.165, 1.54) is 0 Å². The van der Waals surface area contributed by atoms with Crippen LogP contribution < -0.4 is 16.0 Å². The predicted octanol–water partition coefficient (Wildman–Crippen LogP) is -0.173. The average Bonchev–Trinajstić information content (AvgIpc) is 2.86. The molecular formula is C10H19N3O2. The first-order valence-corrected chi connectivity index (χ1v) is 5.71. The van der Waals surface area contributed by atoms with Crippen LogP contribution in [0.4, 0.5) is 4.79 Å². The SMILES string of the molecule is O=C(NCC1CCCO1)NC1CCNC1. The van der Waals surface area contributed by atoms with Crippen LogP contribution >= 0.6 is 0 Å². The molecule has 0 radical (unpaired) electrons. The molecule has 3 N–H and O–H groups in total. The summed E-state index contributed by atoms with van der Waals surface area (Å²) >= 11 is 0. The number of nitrogens with one attached hydrogen (secondary N) is 3. The number of carbonyl (C=O) groups excluding carboxylic acids is 1. The zero-order valence-electron chi connectivity index (χ0n) is 8.92. The largest absolute Gasteiger partial charge is 0.376 e. The zero-order chi connectivity index (χ0) is 10.5. The summed E-state index contributed by atoms with van der Waals surface area (Å²) in [5, 5.41) is 8.99. The van der Waals surface area contributed by atoms with E-state index in [1.54, 1.807) is 0 Å². The molecule has 2 amide bonds. The number of amides is 2. The molecule has 0 aromatic rings. The molecule has 2 saturated heterocycles. The van der Waals surface area contributed by atoms with Crippen LogP contribution in [0.15, 0.2) is 0 Å². The van der Waals surface area contributed by atoms with Gasteiger partial charge in [0.05, 0.1) is 6.10 Å². The molecule has 2 heterocycles. The highest BCUT2D eigenvalue weighted by molar-refractivity contribution is 5.74. The molecule has 5 heteroatoms. The van der Waals surface area contributed by atoms with Crippen LogP contribution in [-0.2, 0) is 4.74 Å². The number of urea groups is 1. The Balaban J connectivity index is 1.59. The smallest absolute Gasteiger partial charge is 0.315 e. The molecule has 0 aromatic heterocycles. The van der Waals surface area contributed by atoms with E-state index in [-0.39, 0.29) is 18.2 Å². The van der Waals surface area contributed by atoms with Gasteiger partial charge in [0, 0.05) is 25.7 Å². The van der Waals surface area contributed by atoms with Crippen LogP contribution in [0.5, 0.6) is 0 Å². The lowest BCUT2D eigenvalue weighted by Crippen LogP contribution is -2.45. The lowest BCUT2D eigenvalue weighted by Gasteiger charge is -2.14. The van der Waals surface area contributed by atoms with Crippen LogP contribution in [0, 0.1) is 0 Å². The Kier molecular flexibility index (Phi) is 3.80. The van der Waals surface area contributed by atoms with E-state index in [9.17, 15) is 4.79 Å². The minimum Gasteiger partial charge on any atom is -0.376 e. The Morgan fingerprint density at radius 1 is 1.47 bits per heavy atom. The van der Waals surface area contributed by atoms with Gasteiger partial charge in [0.2, 0.25) is 0 Å². The third-order valence-corrected chi connectivity index (χ3v) is 2.91. The molecule has 15 heavy (non-hydrogen) atoms. The van der Waals surface area contributed by atoms with Gasteiger partial charge in [0.25, 0.3) is 0 Å². The van der Waals surface area contributed by atoms with Crippen LogP contribution in [0.2, 0.25) is 0 Å². The normalized spacial score (nSPS) is 30.4. The fourth-order valence-corrected chi connectivity index (χ4v) is 2.03. The second kappa shape index (κ2) is 5.32. The van der Waals surface area contributed by atoms with Crippen LogP contribution in [-0.4, -0.2) is 44.4 Å². The maximum Gasteiger partial charge on any atom is 0.315 e. The molecule has 2 aliphatic rings. The molecular weight excluding hydrogens is 194 g/mol. The summed E-state index contributed by atoms with van der Waals surface area (Å²) in [6.07, 6.45) is 3.41. The zero-order valence-corrected chi connectivity index (χ0v) is 8.92. The second-order valence-corrected chi connectivity index (χ2v) is 4.18. The highest BCUT2D eigenvalue weighted by Crippen LogP contribution is 2.10. The Bertz CT molecular complexity index is 211. The molecule has 0 saturated carbocycles. The molecule has 0 aliphatic carbocycles. The van der Waals surface area contributed by atoms with Crippen molar-refractivity contribution in [3.05, 3.63) is 0 Å². The van der Waals surface area contributed by atoms with Gasteiger partial charge in [-0.2, -0.15) is 0 Å². The average molecular weight is 213 g/mol. The molecule has 2 fully saturated rings. The van der Waals surface area contributed by atoms with Crippen molar-refractivity contribution in [2.45, 2.75) is 31.4 Å². The van der Waals surface area contributed by atoms with Crippen molar-refractivity contribution < 1.29 is 9.53 Å². The molecule has 2 unspecified atom stereocenters. The van der Waals surface area contributed by atoms with Gasteiger partial charge in [0.1, 0.15) is 0 Å². The lowest BCUT2D eigenvalue weighted by molar-refractivity contribution is 0.111. The van der Waals surface area contributed by atoms with Gasteiger partial charge in [-0.25, -0.2) is 4.79 Å². The van der Waals surface area contributed by atoms with Crippen LogP contribution in [0.3, 0.4) is 0 Å². The van der Waals surface area contributed by atoms with Gasteiger partial charge in [-0.15, -0.1) is 0 Å². The minimum atomic E-state index is -0.0702. The summed E-state index contributed by atoms with van der Waals surface area (Å²) in [6, 6.07) is 0.216. The number of carbonyl (C=O) groups is 1. The van der Waals surface area contributed by atoms with E-state index in [0.717, 1.165) is 39.0 Å². The van der Waals surface area contributed by atoms with E-state index in [4.69, 9.17) is 4.74 Å². The summed E-state index contributed by atoms with van der Waals surface area (Å²) in [7, 11) is 0. The maximum absolute atomic E-state index is 11.5. The quantitative estimate of drug-likeness (QED) is 0.610. The van der Waals surface area contributed by atoms with Gasteiger partial charge in [-0.3, -0.25) is 0 Å². The predicted molar refractivity (Wildman–Crippen MR) is 56.8 cm³/mol. The maximum atomic E-state index is 11.5. The Morgan fingerprint density at radius 3 is 3.07 bits per heavy atom. The molecule has 0 aromatic carbocycles. The summed E-state index contributed by atoms with van der Waals surface area (Å²) in [6.45, 7) is 3.34. The number of ether oxygens (including phenoxy) is 1. The Labute approximate surface area is 89.9 Å². The summed E-state index contributed by atoms with van der Waals surface area (Å²) in [5.74, 6) is 0. The van der Waals surface area contributed by atoms with E-state index >= 15 is 0 Å². The fourth-order valence-electron chi connectivity index (χ4n) is 2.03. The molecule has 0 spiro atoms. The van der Waals surface area contributed by atoms with Gasteiger partial charge in [-0.05, 0) is 25.8 Å². The monoisotopic (exact) mass is 213 g/mol. The van der Waals surface area contributed by atoms with Crippen molar-refractivity contribution in [2.24, 2.45) is 0 Å². The molecule has 2 aliphatic heterocycles. The van der Waals surface area contributed by atoms with Crippen molar-refractivity contribution in [2.75, 3.05) is 26.2 Å². The molecule has 2 atom stereocenters. The Morgan fingerprint density at radius 2 is 2.40 bits per heavy atom. The second-order valence-electron chi connectivity index (χ2n) is 4.18. The highest BCUT2D eigenvalue weighted by Gasteiger charge is 2.19. The van der Waals surface area contributed by atoms with Crippen molar-refractivity contribution in [3.63, 3.8) is 0 Å². The topological polar surface area (TPSA) is 62.4 Å². The summed E-state index contributed by atoms with van der Waals surface area (Å²) in [5.41, 5.74) is 0. The van der Waals surface area contributed by atoms with Crippen LogP contribution in [0.25, 0.3) is 0 Å². The van der Waals surface area contributed by atoms with E-state index < -0.39 is 0 Å². The Hall–Kier alpha value is -0.810. The molecule has 5 nitrogen and oxygen atoms in total. The van der Waals surface area contributed by atoms with Crippen molar-refractivity contribution in [3.8, 4) is 0 Å². The van der Waals surface area contributed by atoms with Crippen molar-refractivity contribution >= 4 is 6.03 Å². The fraction of sp³-hybridized carbons (Fsp3) is 0.900. The molecule has 0 bridgehead atoms. The number of rotatable bonds is 3. The van der Waals surface area contributed by atoms with Gasteiger partial charge in [-0.1, -0.05) is 0 Å². The summed E-state index contributed by atoms with van der Waals surface area (Å²) in [4.78, 5) is 11.5. The first-order valence-electron chi connectivity index (χ1n) is 5.71. The van der Waals surface area contributed by atoms with Crippen molar-refractivity contribution in [1.29, 1.82) is 0 Å². The van der Waals surface area contributed by atoms with Gasteiger partial charge in [0.15, 0.2) is 0 Å². The third-order valence-electron chi connectivity index (χ3n) is 2.91. The summed E-state index contributed by atoms with van der Waals surface area (Å²) < 4.78 is 5.42. The van der Waals surface area contributed by atoms with Crippen LogP contribution in [0.1, 0.15) is 19.3 Å². The van der Waals surface area contributed by atoms with Crippen molar-refractivity contribution in [1.82, 2.24) is 16.0 Å². The number of hydrogen-bond acceptors (Lipinski definition) is 3. The highest BCUT2D eigenvalue weighted by atomic mass is 16.5. The molecule has 86 valence electrons. The van der Waals surface area contributed by atoms with E-state index in [1.807, 2.05) is 0 Å². The first-order chi connectivity index (χ1) is 7.34. The van der Waals surface area contributed by atoms with Gasteiger partial charge < -0.3 is 20.7 Å². The first kappa shape index (κ1) is 10.7. The molecule has 2 rings (SSSR count). The van der Waals surface area contributed by atoms with Gasteiger partial charge >= 0.3 is 6.03 Å². The lowest BCUT2D eigenvalue weighted by atomic mass is 10.2. The number of hydrogen-bond donors (Lipinski definition) is 3. The third kappa shape index (κ3) is 3.35. The van der Waals surface area contributed by atoms with E-state index in [2.05, 4.69) is 16.0 Å². The standard InChI is InChI=1S/C10H19N3O2/c14-10(13-8-3-4-11-6-8)12-7-9-2-1-5-15-9/h8-9,11H,1-7H2,(H2,12,13,14).